The molecule has 1 N–H and O–H groups in total. The van der Waals surface area contributed by atoms with Crippen molar-refractivity contribution < 1.29 is 14.3 Å². The number of fused-ring (bicyclic) bond motifs is 1. The van der Waals surface area contributed by atoms with E-state index in [0.29, 0.717) is 6.42 Å². The largest absolute Gasteiger partial charge is 0.497 e. The predicted molar refractivity (Wildman–Crippen MR) is 112 cm³/mol. The summed E-state index contributed by atoms with van der Waals surface area (Å²) in [6, 6.07) is 15.1. The Kier molecular flexibility index (Phi) is 6.14. The zero-order valence-corrected chi connectivity index (χ0v) is 16.7. The summed E-state index contributed by atoms with van der Waals surface area (Å²) in [5.41, 5.74) is 3.83. The predicted octanol–water partition coefficient (Wildman–Crippen LogP) is 4.55. The van der Waals surface area contributed by atoms with Gasteiger partial charge in [0.2, 0.25) is 0 Å². The molecule has 0 fully saturated rings. The van der Waals surface area contributed by atoms with E-state index in [4.69, 9.17) is 14.5 Å². The van der Waals surface area contributed by atoms with Crippen LogP contribution in [-0.2, 0) is 16.0 Å². The van der Waals surface area contributed by atoms with Gasteiger partial charge in [-0.15, -0.1) is 0 Å². The minimum absolute atomic E-state index is 0.186. The van der Waals surface area contributed by atoms with E-state index in [1.165, 1.54) is 0 Å². The monoisotopic (exact) mass is 378 g/mol. The second kappa shape index (κ2) is 8.74. The van der Waals surface area contributed by atoms with Gasteiger partial charge in [-0.3, -0.25) is 4.99 Å². The van der Waals surface area contributed by atoms with Crippen molar-refractivity contribution >= 4 is 22.6 Å². The Balaban J connectivity index is 1.90. The second-order valence-corrected chi connectivity index (χ2v) is 7.01. The van der Waals surface area contributed by atoms with Crippen LogP contribution in [0.25, 0.3) is 10.9 Å². The molecule has 0 saturated heterocycles. The van der Waals surface area contributed by atoms with Gasteiger partial charge < -0.3 is 14.5 Å². The van der Waals surface area contributed by atoms with E-state index in [2.05, 4.69) is 4.98 Å². The molecule has 0 saturated carbocycles. The van der Waals surface area contributed by atoms with Gasteiger partial charge in [0.25, 0.3) is 0 Å². The first kappa shape index (κ1) is 19.7. The smallest absolute Gasteiger partial charge is 0.331 e. The van der Waals surface area contributed by atoms with Crippen LogP contribution < -0.4 is 4.74 Å². The minimum atomic E-state index is -0.608. The van der Waals surface area contributed by atoms with Crippen LogP contribution in [0.4, 0.5) is 0 Å². The number of carbonyl (C=O) groups is 1. The Labute approximate surface area is 165 Å². The fourth-order valence-electron chi connectivity index (χ4n) is 3.14. The number of hydrogen-bond acceptors (Lipinski definition) is 4. The summed E-state index contributed by atoms with van der Waals surface area (Å²) in [6.45, 7) is 5.61. The molecule has 2 aromatic carbocycles. The van der Waals surface area contributed by atoms with E-state index in [1.807, 2.05) is 75.5 Å². The van der Waals surface area contributed by atoms with Crippen LogP contribution in [0, 0.1) is 0 Å². The van der Waals surface area contributed by atoms with Gasteiger partial charge in [-0.25, -0.2) is 4.79 Å². The van der Waals surface area contributed by atoms with Crippen LogP contribution >= 0.6 is 0 Å². The number of nitrogens with one attached hydrogen (secondary N) is 1. The average Bonchev–Trinajstić information content (AvgIpc) is 3.10. The molecule has 0 amide bonds. The highest BCUT2D eigenvalue weighted by atomic mass is 16.5. The number of hydrogen-bond donors (Lipinski definition) is 1. The maximum Gasteiger partial charge on any atom is 0.331 e. The van der Waals surface area contributed by atoms with Gasteiger partial charge in [-0.1, -0.05) is 18.2 Å². The highest BCUT2D eigenvalue weighted by Gasteiger charge is 2.22. The number of aliphatic imine (C=N–C) groups is 1. The molecule has 0 spiro atoms. The SMILES string of the molecule is COc1ccc(C(C)=N[C@@H](Cc2c[nH]c3ccccc23)C(=O)OC(C)C)cc1. The Morgan fingerprint density at radius 2 is 1.82 bits per heavy atom. The lowest BCUT2D eigenvalue weighted by Gasteiger charge is -2.16. The number of aromatic amines is 1. The molecular weight excluding hydrogens is 352 g/mol. The maximum atomic E-state index is 12.7. The van der Waals surface area contributed by atoms with E-state index >= 15 is 0 Å². The molecule has 1 heterocycles. The molecule has 0 bridgehead atoms. The van der Waals surface area contributed by atoms with E-state index in [9.17, 15) is 4.79 Å². The van der Waals surface area contributed by atoms with Crippen LogP contribution in [0.1, 0.15) is 31.9 Å². The standard InChI is InChI=1S/C23H26N2O3/c1-15(2)28-23(26)22(13-18-14-24-21-8-6-5-7-20(18)21)25-16(3)17-9-11-19(27-4)12-10-17/h5-12,14-15,22,24H,13H2,1-4H3/t22-/m0/s1. The lowest BCUT2D eigenvalue weighted by molar-refractivity contribution is -0.148. The Morgan fingerprint density at radius 3 is 2.50 bits per heavy atom. The zero-order valence-electron chi connectivity index (χ0n) is 16.7. The number of nitrogens with zero attached hydrogens (tertiary/aromatic N) is 1. The first-order valence-corrected chi connectivity index (χ1v) is 9.42. The number of H-pyrrole nitrogens is 1. The number of para-hydroxylation sites is 1. The Bertz CT molecular complexity index is 971. The summed E-state index contributed by atoms with van der Waals surface area (Å²) >= 11 is 0. The quantitative estimate of drug-likeness (QED) is 0.485. The minimum Gasteiger partial charge on any atom is -0.497 e. The lowest BCUT2D eigenvalue weighted by Crippen LogP contribution is -2.27. The van der Waals surface area contributed by atoms with Crippen LogP contribution in [0.3, 0.4) is 0 Å². The molecular formula is C23H26N2O3. The molecule has 0 aliphatic rings. The van der Waals surface area contributed by atoms with Gasteiger partial charge in [0.1, 0.15) is 5.75 Å². The lowest BCUT2D eigenvalue weighted by atomic mass is 10.0. The van der Waals surface area contributed by atoms with Crippen molar-refractivity contribution in [2.45, 2.75) is 39.3 Å². The summed E-state index contributed by atoms with van der Waals surface area (Å²) in [6.07, 6.45) is 2.23. The van der Waals surface area contributed by atoms with Crippen molar-refractivity contribution in [3.05, 3.63) is 65.9 Å². The fraction of sp³-hybridized carbons (Fsp3) is 0.304. The van der Waals surface area contributed by atoms with E-state index in [1.54, 1.807) is 7.11 Å². The molecule has 3 rings (SSSR count). The molecule has 1 atom stereocenters. The number of aromatic nitrogens is 1. The van der Waals surface area contributed by atoms with Crippen molar-refractivity contribution in [1.29, 1.82) is 0 Å². The third-order valence-electron chi connectivity index (χ3n) is 4.57. The first-order valence-electron chi connectivity index (χ1n) is 9.42. The third kappa shape index (κ3) is 4.60. The summed E-state index contributed by atoms with van der Waals surface area (Å²) in [5, 5.41) is 1.10. The number of carbonyl (C=O) groups excluding carboxylic acids is 1. The molecule has 28 heavy (non-hydrogen) atoms. The second-order valence-electron chi connectivity index (χ2n) is 7.01. The molecule has 0 unspecified atom stereocenters. The third-order valence-corrected chi connectivity index (χ3v) is 4.57. The number of methoxy groups -OCH3 is 1. The first-order chi connectivity index (χ1) is 13.5. The molecule has 5 nitrogen and oxygen atoms in total. The van der Waals surface area contributed by atoms with Crippen molar-refractivity contribution in [3.63, 3.8) is 0 Å². The number of ether oxygens (including phenoxy) is 2. The molecule has 5 heteroatoms. The highest BCUT2D eigenvalue weighted by molar-refractivity contribution is 6.00. The topological polar surface area (TPSA) is 63.7 Å². The summed E-state index contributed by atoms with van der Waals surface area (Å²) < 4.78 is 10.7. The summed E-state index contributed by atoms with van der Waals surface area (Å²) in [4.78, 5) is 20.7. The highest BCUT2D eigenvalue weighted by Crippen LogP contribution is 2.21. The fourth-order valence-corrected chi connectivity index (χ4v) is 3.14. The van der Waals surface area contributed by atoms with Crippen molar-refractivity contribution in [3.8, 4) is 5.75 Å². The van der Waals surface area contributed by atoms with Crippen LogP contribution in [0.5, 0.6) is 5.75 Å². The van der Waals surface area contributed by atoms with Crippen molar-refractivity contribution in [2.75, 3.05) is 7.11 Å². The van der Waals surface area contributed by atoms with Crippen LogP contribution in [-0.4, -0.2) is 35.9 Å². The average molecular weight is 378 g/mol. The van der Waals surface area contributed by atoms with Crippen LogP contribution in [0.2, 0.25) is 0 Å². The molecule has 1 aromatic heterocycles. The summed E-state index contributed by atoms with van der Waals surface area (Å²) in [7, 11) is 1.63. The van der Waals surface area contributed by atoms with Crippen LogP contribution in [0.15, 0.2) is 59.7 Å². The van der Waals surface area contributed by atoms with E-state index < -0.39 is 6.04 Å². The van der Waals surface area contributed by atoms with Gasteiger partial charge >= 0.3 is 5.97 Å². The van der Waals surface area contributed by atoms with Crippen molar-refractivity contribution in [2.24, 2.45) is 4.99 Å². The number of esters is 1. The molecule has 0 aliphatic carbocycles. The van der Waals surface area contributed by atoms with Gasteiger partial charge in [-0.05, 0) is 62.2 Å². The Hall–Kier alpha value is -3.08. The molecule has 0 aliphatic heterocycles. The molecule has 0 radical (unpaired) electrons. The van der Waals surface area contributed by atoms with Gasteiger partial charge in [-0.2, -0.15) is 0 Å². The molecule has 146 valence electrons. The number of rotatable bonds is 7. The number of benzene rings is 2. The normalized spacial score (nSPS) is 13.0. The zero-order chi connectivity index (χ0) is 20.1. The molecule has 3 aromatic rings. The van der Waals surface area contributed by atoms with Gasteiger partial charge in [0.05, 0.1) is 13.2 Å². The maximum absolute atomic E-state index is 12.7. The van der Waals surface area contributed by atoms with Gasteiger partial charge in [0, 0.05) is 29.2 Å². The van der Waals surface area contributed by atoms with Gasteiger partial charge in [0.15, 0.2) is 6.04 Å². The van der Waals surface area contributed by atoms with E-state index in [0.717, 1.165) is 33.5 Å². The van der Waals surface area contributed by atoms with Crippen molar-refractivity contribution in [1.82, 2.24) is 4.98 Å². The summed E-state index contributed by atoms with van der Waals surface area (Å²) in [5.74, 6) is 0.472. The Morgan fingerprint density at radius 1 is 1.11 bits per heavy atom. The van der Waals surface area contributed by atoms with E-state index in [-0.39, 0.29) is 12.1 Å².